The van der Waals surface area contributed by atoms with Crippen molar-refractivity contribution in [3.8, 4) is 11.8 Å². The molecule has 27 heavy (non-hydrogen) atoms. The molecule has 0 aliphatic carbocycles. The van der Waals surface area contributed by atoms with Crippen molar-refractivity contribution in [1.82, 2.24) is 14.8 Å². The highest BCUT2D eigenvalue weighted by Gasteiger charge is 2.34. The van der Waals surface area contributed by atoms with Gasteiger partial charge >= 0.3 is 0 Å². The molecule has 1 aromatic carbocycles. The molecule has 3 saturated heterocycles. The van der Waals surface area contributed by atoms with Gasteiger partial charge in [-0.1, -0.05) is 30.0 Å². The highest BCUT2D eigenvalue weighted by Crippen LogP contribution is 2.29. The molecule has 2 aromatic rings. The molecule has 140 valence electrons. The number of rotatable bonds is 4. The van der Waals surface area contributed by atoms with E-state index >= 15 is 0 Å². The first-order chi connectivity index (χ1) is 13.3. The molecule has 3 fully saturated rings. The number of hydrogen-bond acceptors (Lipinski definition) is 4. The van der Waals surface area contributed by atoms with Gasteiger partial charge in [0.15, 0.2) is 0 Å². The van der Waals surface area contributed by atoms with E-state index < -0.39 is 0 Å². The average molecular weight is 361 g/mol. The summed E-state index contributed by atoms with van der Waals surface area (Å²) in [6.45, 7) is 5.38. The Morgan fingerprint density at radius 3 is 2.67 bits per heavy atom. The Hall–Kier alpha value is -2.19. The van der Waals surface area contributed by atoms with Crippen LogP contribution in [0.25, 0.3) is 0 Å². The Bertz CT molecular complexity index is 794. The van der Waals surface area contributed by atoms with Gasteiger partial charge in [0.2, 0.25) is 0 Å². The lowest BCUT2D eigenvalue weighted by molar-refractivity contribution is 0.123. The van der Waals surface area contributed by atoms with Crippen molar-refractivity contribution < 1.29 is 5.11 Å². The van der Waals surface area contributed by atoms with Crippen LogP contribution >= 0.6 is 0 Å². The summed E-state index contributed by atoms with van der Waals surface area (Å²) in [5, 5.41) is 8.81. The number of piperidine rings is 1. The SMILES string of the molecule is OCC#Cc1ccc(CN2C[C@H]3CC[C@@H]2CN(Cc2ccccn2)C3)cc1. The summed E-state index contributed by atoms with van der Waals surface area (Å²) in [7, 11) is 0. The van der Waals surface area contributed by atoms with Crippen LogP contribution in [0.5, 0.6) is 0 Å². The largest absolute Gasteiger partial charge is 0.384 e. The highest BCUT2D eigenvalue weighted by molar-refractivity contribution is 5.36. The van der Waals surface area contributed by atoms with E-state index in [2.05, 4.69) is 63.0 Å². The third kappa shape index (κ3) is 4.75. The molecule has 1 N–H and O–H groups in total. The minimum atomic E-state index is -0.0897. The number of hydrogen-bond donors (Lipinski definition) is 1. The number of benzene rings is 1. The molecule has 0 saturated carbocycles. The zero-order chi connectivity index (χ0) is 18.5. The van der Waals surface area contributed by atoms with Crippen LogP contribution in [0.3, 0.4) is 0 Å². The minimum absolute atomic E-state index is 0.0897. The predicted molar refractivity (Wildman–Crippen MR) is 107 cm³/mol. The summed E-state index contributed by atoms with van der Waals surface area (Å²) in [5.41, 5.74) is 3.48. The molecular formula is C23H27N3O. The van der Waals surface area contributed by atoms with Gasteiger partial charge in [-0.15, -0.1) is 0 Å². The summed E-state index contributed by atoms with van der Waals surface area (Å²) in [5.74, 6) is 6.42. The molecule has 3 aliphatic rings. The molecule has 0 unspecified atom stereocenters. The molecule has 2 bridgehead atoms. The Morgan fingerprint density at radius 2 is 1.89 bits per heavy atom. The quantitative estimate of drug-likeness (QED) is 0.850. The van der Waals surface area contributed by atoms with Crippen molar-refractivity contribution >= 4 is 0 Å². The normalized spacial score (nSPS) is 22.9. The van der Waals surface area contributed by atoms with Crippen LogP contribution < -0.4 is 0 Å². The van der Waals surface area contributed by atoms with Crippen LogP contribution in [-0.2, 0) is 13.1 Å². The minimum Gasteiger partial charge on any atom is -0.384 e. The molecule has 4 nitrogen and oxygen atoms in total. The second-order valence-electron chi connectivity index (χ2n) is 7.70. The van der Waals surface area contributed by atoms with E-state index in [-0.39, 0.29) is 6.61 Å². The van der Waals surface area contributed by atoms with E-state index in [0.29, 0.717) is 6.04 Å². The van der Waals surface area contributed by atoms with Gasteiger partial charge in [0, 0.05) is 50.5 Å². The molecule has 2 atom stereocenters. The van der Waals surface area contributed by atoms with Crippen LogP contribution in [-0.4, -0.2) is 52.2 Å². The van der Waals surface area contributed by atoms with Gasteiger partial charge in [0.1, 0.15) is 6.61 Å². The Labute approximate surface area is 161 Å². The van der Waals surface area contributed by atoms with Crippen LogP contribution in [0.15, 0.2) is 48.7 Å². The maximum Gasteiger partial charge on any atom is 0.104 e. The van der Waals surface area contributed by atoms with Gasteiger partial charge in [0.05, 0.1) is 5.69 Å². The molecular weight excluding hydrogens is 334 g/mol. The van der Waals surface area contributed by atoms with E-state index in [1.165, 1.54) is 37.2 Å². The molecule has 0 amide bonds. The molecule has 1 aromatic heterocycles. The fourth-order valence-corrected chi connectivity index (χ4v) is 4.39. The monoisotopic (exact) mass is 361 g/mol. The number of aromatic nitrogens is 1. The lowest BCUT2D eigenvalue weighted by Crippen LogP contribution is -2.43. The molecule has 3 aliphatic heterocycles. The van der Waals surface area contributed by atoms with Crippen molar-refractivity contribution in [2.24, 2.45) is 5.92 Å². The number of aliphatic hydroxyl groups excluding tert-OH is 1. The first kappa shape index (κ1) is 18.2. The van der Waals surface area contributed by atoms with Crippen molar-refractivity contribution in [2.45, 2.75) is 32.0 Å². The lowest BCUT2D eigenvalue weighted by Gasteiger charge is -2.36. The fourth-order valence-electron chi connectivity index (χ4n) is 4.39. The Kier molecular flexibility index (Phi) is 5.84. The summed E-state index contributed by atoms with van der Waals surface area (Å²) in [4.78, 5) is 9.77. The third-order valence-electron chi connectivity index (χ3n) is 5.67. The fraction of sp³-hybridized carbons (Fsp3) is 0.435. The zero-order valence-electron chi connectivity index (χ0n) is 15.7. The van der Waals surface area contributed by atoms with Crippen LogP contribution in [0.2, 0.25) is 0 Å². The number of pyridine rings is 1. The van der Waals surface area contributed by atoms with Gasteiger partial charge in [-0.05, 0) is 48.6 Å². The highest BCUT2D eigenvalue weighted by atomic mass is 16.2. The van der Waals surface area contributed by atoms with Crippen molar-refractivity contribution in [2.75, 3.05) is 26.2 Å². The van der Waals surface area contributed by atoms with Crippen LogP contribution in [0.4, 0.5) is 0 Å². The van der Waals surface area contributed by atoms with Gasteiger partial charge in [-0.2, -0.15) is 0 Å². The first-order valence-corrected chi connectivity index (χ1v) is 9.85. The summed E-state index contributed by atoms with van der Waals surface area (Å²) >= 11 is 0. The van der Waals surface area contributed by atoms with E-state index in [4.69, 9.17) is 5.11 Å². The topological polar surface area (TPSA) is 39.6 Å². The summed E-state index contributed by atoms with van der Waals surface area (Å²) in [6.07, 6.45) is 4.53. The van der Waals surface area contributed by atoms with Gasteiger partial charge in [-0.3, -0.25) is 14.8 Å². The average Bonchev–Trinajstić information content (AvgIpc) is 2.99. The van der Waals surface area contributed by atoms with Crippen molar-refractivity contribution in [3.63, 3.8) is 0 Å². The standard InChI is InChI=1S/C23H27N3O/c27-13-3-4-19-6-8-20(9-7-19)15-26-16-21-10-11-23(26)18-25(14-21)17-22-5-1-2-12-24-22/h1-2,5-9,12,21,23,27H,10-11,13-18H2/t21-,23+/m0/s1. The molecule has 0 spiro atoms. The maximum atomic E-state index is 8.81. The van der Waals surface area contributed by atoms with E-state index in [0.717, 1.165) is 31.1 Å². The van der Waals surface area contributed by atoms with Crippen LogP contribution in [0, 0.1) is 17.8 Å². The first-order valence-electron chi connectivity index (χ1n) is 9.85. The summed E-state index contributed by atoms with van der Waals surface area (Å²) < 4.78 is 0. The molecule has 4 heterocycles. The number of aliphatic hydroxyl groups is 1. The van der Waals surface area contributed by atoms with Crippen molar-refractivity contribution in [1.29, 1.82) is 0 Å². The number of fused-ring (bicyclic) bond motifs is 4. The van der Waals surface area contributed by atoms with Crippen LogP contribution in [0.1, 0.15) is 29.7 Å². The van der Waals surface area contributed by atoms with Gasteiger partial charge in [-0.25, -0.2) is 0 Å². The van der Waals surface area contributed by atoms with Gasteiger partial charge < -0.3 is 5.11 Å². The maximum absolute atomic E-state index is 8.81. The second-order valence-corrected chi connectivity index (χ2v) is 7.70. The zero-order valence-corrected chi connectivity index (χ0v) is 15.7. The van der Waals surface area contributed by atoms with Crippen molar-refractivity contribution in [3.05, 3.63) is 65.5 Å². The van der Waals surface area contributed by atoms with Gasteiger partial charge in [0.25, 0.3) is 0 Å². The van der Waals surface area contributed by atoms with E-state index in [1.807, 2.05) is 12.3 Å². The second kappa shape index (κ2) is 8.67. The third-order valence-corrected chi connectivity index (χ3v) is 5.67. The molecule has 4 heteroatoms. The Balaban J connectivity index is 1.40. The molecule has 5 rings (SSSR count). The number of nitrogens with zero attached hydrogens (tertiary/aromatic N) is 3. The lowest BCUT2D eigenvalue weighted by atomic mass is 9.94. The Morgan fingerprint density at radius 1 is 1.00 bits per heavy atom. The van der Waals surface area contributed by atoms with E-state index in [9.17, 15) is 0 Å². The smallest absolute Gasteiger partial charge is 0.104 e. The predicted octanol–water partition coefficient (Wildman–Crippen LogP) is 2.52. The molecule has 0 radical (unpaired) electrons. The van der Waals surface area contributed by atoms with E-state index in [1.54, 1.807) is 0 Å². The summed E-state index contributed by atoms with van der Waals surface area (Å²) in [6, 6.07) is 15.3.